The Kier molecular flexibility index (Phi) is 3.84. The fraction of sp³-hybridized carbons (Fsp3) is 0.167. The van der Waals surface area contributed by atoms with Crippen molar-refractivity contribution >= 4 is 16.7 Å². The van der Waals surface area contributed by atoms with E-state index in [0.717, 1.165) is 4.91 Å². The molecular formula is C12H14S. The molecule has 0 aliphatic heterocycles. The second-order valence-corrected chi connectivity index (χ2v) is 4.16. The molecule has 0 aliphatic carbocycles. The van der Waals surface area contributed by atoms with Crippen LogP contribution in [0.25, 0.3) is 4.91 Å². The zero-order chi connectivity index (χ0) is 9.68. The van der Waals surface area contributed by atoms with Crippen LogP contribution in [0.5, 0.6) is 0 Å². The topological polar surface area (TPSA) is 0 Å². The normalized spacial score (nSPS) is 11.4. The molecule has 0 N–H and O–H groups in total. The van der Waals surface area contributed by atoms with Gasteiger partial charge in [-0.3, -0.25) is 0 Å². The van der Waals surface area contributed by atoms with Crippen LogP contribution in [0.2, 0.25) is 0 Å². The van der Waals surface area contributed by atoms with E-state index >= 15 is 0 Å². The molecular weight excluding hydrogens is 176 g/mol. The van der Waals surface area contributed by atoms with Crippen LogP contribution in [-0.4, -0.2) is 0 Å². The molecule has 0 spiro atoms. The van der Waals surface area contributed by atoms with Crippen LogP contribution < -0.4 is 0 Å². The van der Waals surface area contributed by atoms with Gasteiger partial charge in [-0.25, -0.2) is 0 Å². The van der Waals surface area contributed by atoms with Gasteiger partial charge >= 0.3 is 0 Å². The Bertz CT molecular complexity index is 309. The number of thioether (sulfide) groups is 1. The van der Waals surface area contributed by atoms with Crippen molar-refractivity contribution in [1.82, 2.24) is 0 Å². The lowest BCUT2D eigenvalue weighted by Crippen LogP contribution is -1.77. The molecule has 13 heavy (non-hydrogen) atoms. The summed E-state index contributed by atoms with van der Waals surface area (Å²) in [5.41, 5.74) is 1.26. The lowest BCUT2D eigenvalue weighted by atomic mass is 10.2. The second kappa shape index (κ2) is 4.93. The first-order valence-electron chi connectivity index (χ1n) is 4.29. The summed E-state index contributed by atoms with van der Waals surface area (Å²) in [5, 5.41) is 0. The Morgan fingerprint density at radius 2 is 1.92 bits per heavy atom. The molecule has 0 aliphatic rings. The molecule has 0 saturated heterocycles. The van der Waals surface area contributed by atoms with E-state index in [2.05, 4.69) is 43.8 Å². The maximum Gasteiger partial charge on any atom is 0.0148 e. The molecule has 0 unspecified atom stereocenters. The van der Waals surface area contributed by atoms with Crippen molar-refractivity contribution in [3.05, 3.63) is 53.5 Å². The third-order valence-electron chi connectivity index (χ3n) is 1.60. The Morgan fingerprint density at radius 1 is 1.31 bits per heavy atom. The summed E-state index contributed by atoms with van der Waals surface area (Å²) >= 11 is 1.72. The minimum absolute atomic E-state index is 1.12. The first kappa shape index (κ1) is 10.1. The highest BCUT2D eigenvalue weighted by Crippen LogP contribution is 2.31. The average Bonchev–Trinajstić information content (AvgIpc) is 2.15. The number of hydrogen-bond acceptors (Lipinski definition) is 1. The summed E-state index contributed by atoms with van der Waals surface area (Å²) in [7, 11) is 0. The molecule has 0 saturated carbocycles. The van der Waals surface area contributed by atoms with Gasteiger partial charge < -0.3 is 0 Å². The number of hydrogen-bond donors (Lipinski definition) is 0. The SMILES string of the molecule is C=C(C)S/C(=C\C)c1ccccc1. The first-order valence-corrected chi connectivity index (χ1v) is 5.11. The highest BCUT2D eigenvalue weighted by atomic mass is 32.2. The summed E-state index contributed by atoms with van der Waals surface area (Å²) in [6.07, 6.45) is 2.12. The van der Waals surface area contributed by atoms with Crippen molar-refractivity contribution in [1.29, 1.82) is 0 Å². The van der Waals surface area contributed by atoms with Crippen molar-refractivity contribution in [2.75, 3.05) is 0 Å². The number of rotatable bonds is 3. The molecule has 0 atom stereocenters. The zero-order valence-corrected chi connectivity index (χ0v) is 8.90. The van der Waals surface area contributed by atoms with E-state index in [0.29, 0.717) is 0 Å². The van der Waals surface area contributed by atoms with Crippen molar-refractivity contribution in [3.63, 3.8) is 0 Å². The van der Waals surface area contributed by atoms with E-state index in [1.165, 1.54) is 10.5 Å². The van der Waals surface area contributed by atoms with Gasteiger partial charge in [-0.1, -0.05) is 54.7 Å². The first-order chi connectivity index (χ1) is 6.24. The molecule has 68 valence electrons. The summed E-state index contributed by atoms with van der Waals surface area (Å²) in [4.78, 5) is 2.39. The maximum absolute atomic E-state index is 3.89. The van der Waals surface area contributed by atoms with Crippen LogP contribution in [0.4, 0.5) is 0 Å². The van der Waals surface area contributed by atoms with E-state index in [4.69, 9.17) is 0 Å². The highest BCUT2D eigenvalue weighted by molar-refractivity contribution is 8.11. The van der Waals surface area contributed by atoms with Gasteiger partial charge in [-0.15, -0.1) is 0 Å². The molecule has 0 amide bonds. The Labute approximate surface area is 84.4 Å². The third kappa shape index (κ3) is 3.11. The van der Waals surface area contributed by atoms with Crippen LogP contribution in [-0.2, 0) is 0 Å². The molecule has 1 aromatic rings. The Hall–Kier alpha value is -0.950. The summed E-state index contributed by atoms with van der Waals surface area (Å²) in [6, 6.07) is 10.4. The number of allylic oxidation sites excluding steroid dienone is 2. The lowest BCUT2D eigenvalue weighted by molar-refractivity contribution is 1.63. The predicted molar refractivity (Wildman–Crippen MR) is 62.5 cm³/mol. The Balaban J connectivity index is 2.86. The molecule has 1 rings (SSSR count). The van der Waals surface area contributed by atoms with E-state index in [1.54, 1.807) is 11.8 Å². The molecule has 1 heteroatoms. The van der Waals surface area contributed by atoms with Crippen LogP contribution in [0.15, 0.2) is 47.9 Å². The molecule has 0 bridgehead atoms. The number of benzene rings is 1. The van der Waals surface area contributed by atoms with Crippen LogP contribution in [0.1, 0.15) is 19.4 Å². The van der Waals surface area contributed by atoms with Crippen LogP contribution in [0.3, 0.4) is 0 Å². The van der Waals surface area contributed by atoms with Gasteiger partial charge in [0.25, 0.3) is 0 Å². The lowest BCUT2D eigenvalue weighted by Gasteiger charge is -2.05. The minimum Gasteiger partial charge on any atom is -0.0952 e. The van der Waals surface area contributed by atoms with Crippen LogP contribution >= 0.6 is 11.8 Å². The fourth-order valence-electron chi connectivity index (χ4n) is 1.07. The van der Waals surface area contributed by atoms with Crippen molar-refractivity contribution < 1.29 is 0 Å². The molecule has 0 aromatic heterocycles. The predicted octanol–water partition coefficient (Wildman–Crippen LogP) is 4.31. The van der Waals surface area contributed by atoms with Crippen molar-refractivity contribution in [2.45, 2.75) is 13.8 Å². The largest absolute Gasteiger partial charge is 0.0952 e. The fourth-order valence-corrected chi connectivity index (χ4v) is 1.82. The summed E-state index contributed by atoms with van der Waals surface area (Å²) < 4.78 is 0. The zero-order valence-electron chi connectivity index (χ0n) is 8.08. The van der Waals surface area contributed by atoms with Gasteiger partial charge in [0.15, 0.2) is 0 Å². The quantitative estimate of drug-likeness (QED) is 0.684. The average molecular weight is 190 g/mol. The third-order valence-corrected chi connectivity index (χ3v) is 2.64. The summed E-state index contributed by atoms with van der Waals surface area (Å²) in [5.74, 6) is 0. The minimum atomic E-state index is 1.12. The van der Waals surface area contributed by atoms with Crippen molar-refractivity contribution in [2.24, 2.45) is 0 Å². The monoisotopic (exact) mass is 190 g/mol. The highest BCUT2D eigenvalue weighted by Gasteiger charge is 1.99. The molecule has 0 heterocycles. The second-order valence-electron chi connectivity index (χ2n) is 2.82. The van der Waals surface area contributed by atoms with E-state index in [-0.39, 0.29) is 0 Å². The van der Waals surface area contributed by atoms with E-state index < -0.39 is 0 Å². The summed E-state index contributed by atoms with van der Waals surface area (Å²) in [6.45, 7) is 7.97. The molecule has 0 nitrogen and oxygen atoms in total. The van der Waals surface area contributed by atoms with Gasteiger partial charge in [0.2, 0.25) is 0 Å². The smallest absolute Gasteiger partial charge is 0.0148 e. The van der Waals surface area contributed by atoms with E-state index in [9.17, 15) is 0 Å². The van der Waals surface area contributed by atoms with Gasteiger partial charge in [-0.05, 0) is 24.3 Å². The standard InChI is InChI=1S/C12H14S/c1-4-12(13-10(2)3)11-8-6-5-7-9-11/h4-9H,2H2,1,3H3/b12-4-. The van der Waals surface area contributed by atoms with Gasteiger partial charge in [-0.2, -0.15) is 0 Å². The van der Waals surface area contributed by atoms with E-state index in [1.807, 2.05) is 13.0 Å². The van der Waals surface area contributed by atoms with Gasteiger partial charge in [0.1, 0.15) is 0 Å². The molecule has 1 aromatic carbocycles. The Morgan fingerprint density at radius 3 is 2.38 bits per heavy atom. The van der Waals surface area contributed by atoms with Crippen molar-refractivity contribution in [3.8, 4) is 0 Å². The maximum atomic E-state index is 3.89. The van der Waals surface area contributed by atoms with Gasteiger partial charge in [0.05, 0.1) is 0 Å². The van der Waals surface area contributed by atoms with Crippen LogP contribution in [0, 0.1) is 0 Å². The molecule has 0 fully saturated rings. The van der Waals surface area contributed by atoms with Gasteiger partial charge in [0, 0.05) is 4.91 Å². The molecule has 0 radical (unpaired) electrons.